The molecule has 5 atom stereocenters. The average Bonchev–Trinajstić information content (AvgIpc) is 3.33. The quantitative estimate of drug-likeness (QED) is 0.397. The van der Waals surface area contributed by atoms with Crippen molar-refractivity contribution in [2.75, 3.05) is 4.90 Å². The Labute approximate surface area is 229 Å². The van der Waals surface area contributed by atoms with Gasteiger partial charge in [-0.15, -0.1) is 0 Å². The van der Waals surface area contributed by atoms with Gasteiger partial charge in [-0.2, -0.15) is 0 Å². The van der Waals surface area contributed by atoms with Crippen molar-refractivity contribution >= 4 is 5.69 Å². The predicted molar refractivity (Wildman–Crippen MR) is 160 cm³/mol. The van der Waals surface area contributed by atoms with Gasteiger partial charge < -0.3 is 9.80 Å². The van der Waals surface area contributed by atoms with Gasteiger partial charge in [0, 0.05) is 35.0 Å². The summed E-state index contributed by atoms with van der Waals surface area (Å²) in [4.78, 5) is 5.43. The maximum Gasteiger partial charge on any atom is 0.0559 e. The van der Waals surface area contributed by atoms with Crippen molar-refractivity contribution in [1.82, 2.24) is 4.90 Å². The smallest absolute Gasteiger partial charge is 0.0559 e. The van der Waals surface area contributed by atoms with Gasteiger partial charge in [0.2, 0.25) is 0 Å². The molecule has 1 heterocycles. The summed E-state index contributed by atoms with van der Waals surface area (Å²) in [6.45, 7) is 0. The van der Waals surface area contributed by atoms with Gasteiger partial charge in [-0.25, -0.2) is 0 Å². The Kier molecular flexibility index (Phi) is 6.74. The highest BCUT2D eigenvalue weighted by Crippen LogP contribution is 2.49. The normalized spacial score (nSPS) is 32.1. The number of hydrogen-bond donors (Lipinski definition) is 0. The second-order valence-electron chi connectivity index (χ2n) is 12.1. The van der Waals surface area contributed by atoms with Crippen molar-refractivity contribution in [2.24, 2.45) is 11.8 Å². The second-order valence-corrected chi connectivity index (χ2v) is 12.1. The molecule has 38 heavy (non-hydrogen) atoms. The van der Waals surface area contributed by atoms with E-state index < -0.39 is 0 Å². The monoisotopic (exact) mass is 502 g/mol. The van der Waals surface area contributed by atoms with Gasteiger partial charge >= 0.3 is 0 Å². The molecule has 0 amide bonds. The number of fused-ring (bicyclic) bond motifs is 2. The summed E-state index contributed by atoms with van der Waals surface area (Å²) in [6, 6.07) is 12.6. The fourth-order valence-corrected chi connectivity index (χ4v) is 8.13. The molecule has 1 aromatic carbocycles. The molecule has 0 saturated heterocycles. The maximum absolute atomic E-state index is 2.92. The molecular formula is C36H42N2. The lowest BCUT2D eigenvalue weighted by molar-refractivity contribution is 0.158. The highest BCUT2D eigenvalue weighted by molar-refractivity contribution is 5.58. The van der Waals surface area contributed by atoms with Gasteiger partial charge in [0.1, 0.15) is 0 Å². The summed E-state index contributed by atoms with van der Waals surface area (Å²) in [7, 11) is 0. The van der Waals surface area contributed by atoms with Gasteiger partial charge in [-0.3, -0.25) is 0 Å². The van der Waals surface area contributed by atoms with E-state index in [1.807, 2.05) is 5.57 Å². The van der Waals surface area contributed by atoms with Crippen molar-refractivity contribution in [2.45, 2.75) is 88.8 Å². The molecule has 0 N–H and O–H groups in total. The lowest BCUT2D eigenvalue weighted by atomic mass is 9.79. The van der Waals surface area contributed by atoms with Crippen molar-refractivity contribution < 1.29 is 0 Å². The van der Waals surface area contributed by atoms with E-state index in [9.17, 15) is 0 Å². The van der Waals surface area contributed by atoms with E-state index >= 15 is 0 Å². The Bertz CT molecular complexity index is 1240. The Morgan fingerprint density at radius 1 is 0.763 bits per heavy atom. The fraction of sp³-hybridized carbons (Fsp3) is 0.444. The molecule has 1 fully saturated rings. The van der Waals surface area contributed by atoms with Crippen LogP contribution in [0, 0.1) is 11.8 Å². The standard InChI is InChI=1S/C36H42N2/c1-3-11-29(12-4-1)37(30-13-5-2-6-14-30)31-23-19-27(20-24-31)28-21-25-32(26-22-28)38-35-17-9-7-15-33(35)34-16-8-10-18-36(34)38/h1-6,11-13,19,21-25,27,30,32-33,35H,7-10,14-18,20,26H2. The molecule has 1 aromatic rings. The van der Waals surface area contributed by atoms with Gasteiger partial charge in [0.05, 0.1) is 12.1 Å². The van der Waals surface area contributed by atoms with Crippen LogP contribution in [0.4, 0.5) is 5.69 Å². The van der Waals surface area contributed by atoms with E-state index in [0.29, 0.717) is 18.0 Å². The topological polar surface area (TPSA) is 6.48 Å². The maximum atomic E-state index is 2.92. The molecule has 0 aromatic heterocycles. The summed E-state index contributed by atoms with van der Waals surface area (Å²) in [5.74, 6) is 1.35. The molecule has 1 aliphatic heterocycles. The van der Waals surface area contributed by atoms with Crippen LogP contribution in [0.5, 0.6) is 0 Å². The lowest BCUT2D eigenvalue weighted by Crippen LogP contribution is -2.42. The molecule has 2 nitrogen and oxygen atoms in total. The zero-order chi connectivity index (χ0) is 25.3. The number of benzene rings is 1. The number of allylic oxidation sites excluding steroid dienone is 8. The van der Waals surface area contributed by atoms with Crippen LogP contribution in [0.2, 0.25) is 0 Å². The SMILES string of the molecule is C1=CCC(N(C2=CCC(C3=CCC(N4C5=C(CCCC5)C5CCCCC54)C=C3)C=C2)c2ccccc2)C=C1. The summed E-state index contributed by atoms with van der Waals surface area (Å²) in [5, 5.41) is 0. The molecule has 1 saturated carbocycles. The van der Waals surface area contributed by atoms with E-state index in [4.69, 9.17) is 0 Å². The zero-order valence-corrected chi connectivity index (χ0v) is 22.7. The van der Waals surface area contributed by atoms with Crippen LogP contribution in [0.25, 0.3) is 0 Å². The third-order valence-electron chi connectivity index (χ3n) is 9.90. The Morgan fingerprint density at radius 3 is 2.45 bits per heavy atom. The summed E-state index contributed by atoms with van der Waals surface area (Å²) in [6.07, 6.45) is 38.4. The van der Waals surface area contributed by atoms with E-state index in [1.54, 1.807) is 5.70 Å². The van der Waals surface area contributed by atoms with Gasteiger partial charge in [-0.05, 0) is 87.1 Å². The molecular weight excluding hydrogens is 460 g/mol. The molecule has 5 unspecified atom stereocenters. The fourth-order valence-electron chi connectivity index (χ4n) is 8.13. The van der Waals surface area contributed by atoms with Crippen LogP contribution in [0.15, 0.2) is 114 Å². The van der Waals surface area contributed by atoms with Crippen LogP contribution < -0.4 is 4.90 Å². The second kappa shape index (κ2) is 10.6. The van der Waals surface area contributed by atoms with Gasteiger partial charge in [0.25, 0.3) is 0 Å². The van der Waals surface area contributed by atoms with Crippen LogP contribution in [-0.2, 0) is 0 Å². The molecule has 0 radical (unpaired) electrons. The van der Waals surface area contributed by atoms with Crippen LogP contribution >= 0.6 is 0 Å². The first-order valence-electron chi connectivity index (χ1n) is 15.3. The number of para-hydroxylation sites is 1. The molecule has 196 valence electrons. The minimum absolute atomic E-state index is 0.368. The van der Waals surface area contributed by atoms with Crippen LogP contribution in [0.1, 0.15) is 70.6 Å². The Morgan fingerprint density at radius 2 is 1.66 bits per heavy atom. The van der Waals surface area contributed by atoms with Gasteiger partial charge in [0.15, 0.2) is 0 Å². The first-order chi connectivity index (χ1) is 18.9. The minimum Gasteiger partial charge on any atom is -0.364 e. The van der Waals surface area contributed by atoms with Crippen molar-refractivity contribution in [3.63, 3.8) is 0 Å². The Balaban J connectivity index is 1.06. The molecule has 2 heteroatoms. The highest BCUT2D eigenvalue weighted by atomic mass is 15.2. The highest BCUT2D eigenvalue weighted by Gasteiger charge is 2.44. The van der Waals surface area contributed by atoms with Crippen molar-refractivity contribution in [1.29, 1.82) is 0 Å². The van der Waals surface area contributed by atoms with E-state index in [1.165, 1.54) is 74.7 Å². The van der Waals surface area contributed by atoms with Crippen molar-refractivity contribution in [3.8, 4) is 0 Å². The van der Waals surface area contributed by atoms with E-state index in [-0.39, 0.29) is 0 Å². The molecule has 0 spiro atoms. The predicted octanol–water partition coefficient (Wildman–Crippen LogP) is 8.80. The van der Waals surface area contributed by atoms with E-state index in [0.717, 1.165) is 24.8 Å². The molecule has 6 aliphatic rings. The van der Waals surface area contributed by atoms with Crippen LogP contribution in [0.3, 0.4) is 0 Å². The lowest BCUT2D eigenvalue weighted by Gasteiger charge is -2.40. The first-order valence-corrected chi connectivity index (χ1v) is 15.3. The van der Waals surface area contributed by atoms with Gasteiger partial charge in [-0.1, -0.05) is 85.7 Å². The average molecular weight is 503 g/mol. The summed E-state index contributed by atoms with van der Waals surface area (Å²) >= 11 is 0. The summed E-state index contributed by atoms with van der Waals surface area (Å²) in [5.41, 5.74) is 7.74. The third-order valence-corrected chi connectivity index (χ3v) is 9.90. The number of rotatable bonds is 5. The number of nitrogens with zero attached hydrogens (tertiary/aromatic N) is 2. The molecule has 5 aliphatic carbocycles. The molecule has 7 rings (SSSR count). The minimum atomic E-state index is 0.368. The van der Waals surface area contributed by atoms with E-state index in [2.05, 4.69) is 101 Å². The molecule has 0 bridgehead atoms. The first kappa shape index (κ1) is 24.1. The van der Waals surface area contributed by atoms with Crippen LogP contribution in [-0.4, -0.2) is 23.0 Å². The largest absolute Gasteiger partial charge is 0.364 e. The Hall–Kier alpha value is -3.00. The third kappa shape index (κ3) is 4.46. The zero-order valence-electron chi connectivity index (χ0n) is 22.7. The van der Waals surface area contributed by atoms with Crippen molar-refractivity contribution in [3.05, 3.63) is 114 Å². The number of anilines is 1. The number of hydrogen-bond acceptors (Lipinski definition) is 2. The summed E-state index contributed by atoms with van der Waals surface area (Å²) < 4.78 is 0.